The Kier molecular flexibility index (Phi) is 4.68. The quantitative estimate of drug-likeness (QED) is 0.776. The van der Waals surface area contributed by atoms with Gasteiger partial charge in [0, 0.05) is 0 Å². The minimum atomic E-state index is -0.590. The third kappa shape index (κ3) is 4.03. The second-order valence-electron chi connectivity index (χ2n) is 4.81. The molecule has 0 bridgehead atoms. The SMILES string of the molecule is COC(=O)c1ccc(F)c(NC(=O)CNCC2CC2)c1. The first-order valence-electron chi connectivity index (χ1n) is 6.48. The molecule has 1 aliphatic rings. The van der Waals surface area contributed by atoms with Crippen LogP contribution in [-0.2, 0) is 9.53 Å². The Morgan fingerprint density at radius 2 is 2.15 bits per heavy atom. The third-order valence-electron chi connectivity index (χ3n) is 3.08. The molecule has 5 nitrogen and oxygen atoms in total. The van der Waals surface area contributed by atoms with Gasteiger partial charge in [-0.15, -0.1) is 0 Å². The molecule has 0 saturated heterocycles. The largest absolute Gasteiger partial charge is 0.465 e. The number of carbonyl (C=O) groups excluding carboxylic acids is 2. The minimum Gasteiger partial charge on any atom is -0.465 e. The number of rotatable bonds is 6. The molecule has 0 aromatic heterocycles. The summed E-state index contributed by atoms with van der Waals surface area (Å²) in [6.45, 7) is 0.927. The average Bonchev–Trinajstić information content (AvgIpc) is 3.24. The molecule has 0 spiro atoms. The van der Waals surface area contributed by atoms with E-state index in [9.17, 15) is 14.0 Å². The van der Waals surface area contributed by atoms with Gasteiger partial charge in [0.25, 0.3) is 0 Å². The van der Waals surface area contributed by atoms with Crippen LogP contribution < -0.4 is 10.6 Å². The van der Waals surface area contributed by atoms with Crippen molar-refractivity contribution in [2.24, 2.45) is 5.92 Å². The van der Waals surface area contributed by atoms with Crippen LogP contribution >= 0.6 is 0 Å². The van der Waals surface area contributed by atoms with Crippen LogP contribution in [0.4, 0.5) is 10.1 Å². The summed E-state index contributed by atoms with van der Waals surface area (Å²) < 4.78 is 18.1. The van der Waals surface area contributed by atoms with E-state index in [0.717, 1.165) is 12.6 Å². The Labute approximate surface area is 116 Å². The van der Waals surface area contributed by atoms with E-state index in [4.69, 9.17) is 0 Å². The number of benzene rings is 1. The van der Waals surface area contributed by atoms with Crippen molar-refractivity contribution in [2.75, 3.05) is 25.5 Å². The molecule has 1 aliphatic carbocycles. The lowest BCUT2D eigenvalue weighted by Gasteiger charge is -2.08. The number of anilines is 1. The Morgan fingerprint density at radius 3 is 2.80 bits per heavy atom. The van der Waals surface area contributed by atoms with Crippen molar-refractivity contribution in [3.05, 3.63) is 29.6 Å². The molecule has 0 radical (unpaired) electrons. The van der Waals surface area contributed by atoms with E-state index in [0.29, 0.717) is 5.92 Å². The Balaban J connectivity index is 1.92. The maximum atomic E-state index is 13.6. The second kappa shape index (κ2) is 6.47. The fourth-order valence-corrected chi connectivity index (χ4v) is 1.77. The summed E-state index contributed by atoms with van der Waals surface area (Å²) >= 11 is 0. The van der Waals surface area contributed by atoms with Gasteiger partial charge in [-0.25, -0.2) is 9.18 Å². The predicted octanol–water partition coefficient (Wildman–Crippen LogP) is 1.55. The summed E-state index contributed by atoms with van der Waals surface area (Å²) in [4.78, 5) is 23.0. The van der Waals surface area contributed by atoms with Crippen LogP contribution in [0, 0.1) is 11.7 Å². The van der Waals surface area contributed by atoms with Gasteiger partial charge in [-0.05, 0) is 43.5 Å². The number of carbonyl (C=O) groups is 2. The summed E-state index contributed by atoms with van der Waals surface area (Å²) in [5.74, 6) is -0.839. The molecule has 2 rings (SSSR count). The highest BCUT2D eigenvalue weighted by atomic mass is 19.1. The topological polar surface area (TPSA) is 67.4 Å². The summed E-state index contributed by atoms with van der Waals surface area (Å²) in [6.07, 6.45) is 2.40. The summed E-state index contributed by atoms with van der Waals surface area (Å²) in [5.41, 5.74) is 0.168. The number of halogens is 1. The molecule has 6 heteroatoms. The molecule has 1 amide bonds. The molecule has 20 heavy (non-hydrogen) atoms. The molecule has 0 atom stereocenters. The van der Waals surface area contributed by atoms with E-state index < -0.39 is 11.8 Å². The van der Waals surface area contributed by atoms with Gasteiger partial charge in [-0.2, -0.15) is 0 Å². The molecule has 1 aromatic rings. The molecular weight excluding hydrogens is 263 g/mol. The maximum absolute atomic E-state index is 13.6. The van der Waals surface area contributed by atoms with Crippen LogP contribution in [0.25, 0.3) is 0 Å². The fraction of sp³-hybridized carbons (Fsp3) is 0.429. The van der Waals surface area contributed by atoms with E-state index in [-0.39, 0.29) is 23.7 Å². The van der Waals surface area contributed by atoms with Gasteiger partial charge in [-0.1, -0.05) is 0 Å². The summed E-state index contributed by atoms with van der Waals surface area (Å²) in [5, 5.41) is 5.45. The third-order valence-corrected chi connectivity index (χ3v) is 3.08. The lowest BCUT2D eigenvalue weighted by atomic mass is 10.2. The van der Waals surface area contributed by atoms with E-state index in [1.165, 1.54) is 32.1 Å². The highest BCUT2D eigenvalue weighted by Gasteiger charge is 2.20. The van der Waals surface area contributed by atoms with Crippen LogP contribution in [0.5, 0.6) is 0 Å². The normalized spacial score (nSPS) is 13.9. The molecule has 2 N–H and O–H groups in total. The Hall–Kier alpha value is -1.95. The highest BCUT2D eigenvalue weighted by molar-refractivity contribution is 5.95. The van der Waals surface area contributed by atoms with Crippen molar-refractivity contribution >= 4 is 17.6 Å². The molecule has 1 aromatic carbocycles. The lowest BCUT2D eigenvalue weighted by Crippen LogP contribution is -2.29. The first-order valence-corrected chi connectivity index (χ1v) is 6.48. The van der Waals surface area contributed by atoms with Crippen molar-refractivity contribution in [3.63, 3.8) is 0 Å². The molecule has 0 unspecified atom stereocenters. The van der Waals surface area contributed by atoms with E-state index in [1.807, 2.05) is 0 Å². The molecule has 1 fully saturated rings. The number of ether oxygens (including phenoxy) is 1. The van der Waals surface area contributed by atoms with Crippen molar-refractivity contribution in [1.29, 1.82) is 0 Å². The standard InChI is InChI=1S/C14H17FN2O3/c1-20-14(19)10-4-5-11(15)12(6-10)17-13(18)8-16-7-9-2-3-9/h4-6,9,16H,2-3,7-8H2,1H3,(H,17,18). The van der Waals surface area contributed by atoms with Gasteiger partial charge in [-0.3, -0.25) is 4.79 Å². The molecular formula is C14H17FN2O3. The highest BCUT2D eigenvalue weighted by Crippen LogP contribution is 2.27. The number of methoxy groups -OCH3 is 1. The zero-order chi connectivity index (χ0) is 14.5. The monoisotopic (exact) mass is 280 g/mol. The smallest absolute Gasteiger partial charge is 0.337 e. The molecule has 0 aliphatic heterocycles. The minimum absolute atomic E-state index is 0.0221. The second-order valence-corrected chi connectivity index (χ2v) is 4.81. The van der Waals surface area contributed by atoms with Gasteiger partial charge < -0.3 is 15.4 Å². The first-order chi connectivity index (χ1) is 9.60. The van der Waals surface area contributed by atoms with Crippen LogP contribution in [-0.4, -0.2) is 32.1 Å². The Morgan fingerprint density at radius 1 is 1.40 bits per heavy atom. The van der Waals surface area contributed by atoms with Gasteiger partial charge >= 0.3 is 5.97 Å². The molecule has 0 heterocycles. The lowest BCUT2D eigenvalue weighted by molar-refractivity contribution is -0.115. The first kappa shape index (κ1) is 14.5. The van der Waals surface area contributed by atoms with Crippen LogP contribution in [0.15, 0.2) is 18.2 Å². The maximum Gasteiger partial charge on any atom is 0.337 e. The van der Waals surface area contributed by atoms with Crippen LogP contribution in [0.1, 0.15) is 23.2 Å². The number of nitrogens with one attached hydrogen (secondary N) is 2. The zero-order valence-electron chi connectivity index (χ0n) is 11.2. The van der Waals surface area contributed by atoms with Gasteiger partial charge in [0.15, 0.2) is 0 Å². The number of hydrogen-bond acceptors (Lipinski definition) is 4. The zero-order valence-corrected chi connectivity index (χ0v) is 11.2. The van der Waals surface area contributed by atoms with E-state index >= 15 is 0 Å². The van der Waals surface area contributed by atoms with E-state index in [1.54, 1.807) is 0 Å². The van der Waals surface area contributed by atoms with Crippen molar-refractivity contribution in [1.82, 2.24) is 5.32 Å². The van der Waals surface area contributed by atoms with Gasteiger partial charge in [0.2, 0.25) is 5.91 Å². The number of amides is 1. The fourth-order valence-electron chi connectivity index (χ4n) is 1.77. The Bertz CT molecular complexity index is 515. The van der Waals surface area contributed by atoms with Crippen LogP contribution in [0.2, 0.25) is 0 Å². The number of hydrogen-bond donors (Lipinski definition) is 2. The summed E-state index contributed by atoms with van der Waals surface area (Å²) in [7, 11) is 1.24. The molecule has 1 saturated carbocycles. The average molecular weight is 280 g/mol. The van der Waals surface area contributed by atoms with Gasteiger partial charge in [0.05, 0.1) is 24.9 Å². The number of esters is 1. The summed E-state index contributed by atoms with van der Waals surface area (Å²) in [6, 6.07) is 3.70. The molecule has 108 valence electrons. The van der Waals surface area contributed by atoms with E-state index in [2.05, 4.69) is 15.4 Å². The van der Waals surface area contributed by atoms with Gasteiger partial charge in [0.1, 0.15) is 5.82 Å². The van der Waals surface area contributed by atoms with Crippen molar-refractivity contribution in [2.45, 2.75) is 12.8 Å². The van der Waals surface area contributed by atoms with Crippen molar-refractivity contribution < 1.29 is 18.7 Å². The van der Waals surface area contributed by atoms with Crippen molar-refractivity contribution in [3.8, 4) is 0 Å². The predicted molar refractivity (Wildman–Crippen MR) is 72.0 cm³/mol. The van der Waals surface area contributed by atoms with Crippen LogP contribution in [0.3, 0.4) is 0 Å².